The van der Waals surface area contributed by atoms with Gasteiger partial charge in [-0.15, -0.1) is 0 Å². The molecular weight excluding hydrogens is 246 g/mol. The number of hydrogen-bond donors (Lipinski definition) is 3. The first-order valence-electron chi connectivity index (χ1n) is 6.33. The Balaban J connectivity index is 2.03. The molecule has 0 saturated carbocycles. The predicted octanol–water partition coefficient (Wildman–Crippen LogP) is -0.276. The molecule has 0 aliphatic carbocycles. The number of β-amino-alcohol motifs (C(OH)–C–C–N with tert-alkyl or cyclic N) is 1. The van der Waals surface area contributed by atoms with E-state index < -0.39 is 0 Å². The smallest absolute Gasteiger partial charge is 0.257 e. The number of nitrogen functional groups attached to an aromatic ring is 1. The summed E-state index contributed by atoms with van der Waals surface area (Å²) in [6, 6.07) is 4.80. The van der Waals surface area contributed by atoms with E-state index in [1.807, 2.05) is 0 Å². The van der Waals surface area contributed by atoms with Gasteiger partial charge < -0.3 is 20.8 Å². The van der Waals surface area contributed by atoms with Gasteiger partial charge in [-0.25, -0.2) is 0 Å². The summed E-state index contributed by atoms with van der Waals surface area (Å²) >= 11 is 0. The Morgan fingerprint density at radius 1 is 1.26 bits per heavy atom. The number of aliphatic hydroxyl groups excluding tert-OH is 1. The summed E-state index contributed by atoms with van der Waals surface area (Å²) in [4.78, 5) is 16.1. The number of rotatable bonds is 3. The largest absolute Gasteiger partial charge is 0.505 e. The number of benzene rings is 1. The number of piperazine rings is 1. The number of nitrogens with two attached hydrogens (primary N) is 1. The van der Waals surface area contributed by atoms with Gasteiger partial charge in [0.15, 0.2) is 5.75 Å². The third kappa shape index (κ3) is 2.97. The van der Waals surface area contributed by atoms with Gasteiger partial charge in [0.1, 0.15) is 0 Å². The molecule has 1 aliphatic heterocycles. The first kappa shape index (κ1) is 13.6. The predicted molar refractivity (Wildman–Crippen MR) is 71.9 cm³/mol. The first-order valence-corrected chi connectivity index (χ1v) is 6.33. The van der Waals surface area contributed by atoms with E-state index in [9.17, 15) is 9.90 Å². The average molecular weight is 265 g/mol. The normalized spacial score (nSPS) is 16.6. The molecule has 4 N–H and O–H groups in total. The minimum absolute atomic E-state index is 0.129. The molecule has 1 aliphatic rings. The molecular formula is C13H19N3O3. The molecule has 1 fully saturated rings. The van der Waals surface area contributed by atoms with Crippen LogP contribution in [-0.4, -0.2) is 65.3 Å². The van der Waals surface area contributed by atoms with Crippen LogP contribution in [0.3, 0.4) is 0 Å². The second-order valence-electron chi connectivity index (χ2n) is 4.60. The van der Waals surface area contributed by atoms with Crippen LogP contribution in [0.25, 0.3) is 0 Å². The van der Waals surface area contributed by atoms with E-state index in [4.69, 9.17) is 10.8 Å². The van der Waals surface area contributed by atoms with Gasteiger partial charge in [0.25, 0.3) is 5.91 Å². The van der Waals surface area contributed by atoms with Crippen LogP contribution < -0.4 is 5.73 Å². The fourth-order valence-electron chi connectivity index (χ4n) is 2.22. The Bertz CT molecular complexity index is 456. The Morgan fingerprint density at radius 3 is 2.58 bits per heavy atom. The molecule has 1 saturated heterocycles. The van der Waals surface area contributed by atoms with Gasteiger partial charge in [0.05, 0.1) is 17.9 Å². The lowest BCUT2D eigenvalue weighted by Crippen LogP contribution is -2.49. The highest BCUT2D eigenvalue weighted by Gasteiger charge is 2.24. The quantitative estimate of drug-likeness (QED) is 0.517. The van der Waals surface area contributed by atoms with Crippen LogP contribution >= 0.6 is 0 Å². The number of phenolic OH excluding ortho intramolecular Hbond substituents is 1. The zero-order valence-electron chi connectivity index (χ0n) is 10.7. The Morgan fingerprint density at radius 2 is 1.95 bits per heavy atom. The van der Waals surface area contributed by atoms with E-state index in [0.29, 0.717) is 19.6 Å². The summed E-state index contributed by atoms with van der Waals surface area (Å²) < 4.78 is 0. The molecule has 0 bridgehead atoms. The van der Waals surface area contributed by atoms with Crippen LogP contribution in [0.15, 0.2) is 18.2 Å². The van der Waals surface area contributed by atoms with Crippen LogP contribution in [0, 0.1) is 0 Å². The molecule has 104 valence electrons. The third-order valence-electron chi connectivity index (χ3n) is 3.37. The maximum Gasteiger partial charge on any atom is 0.257 e. The zero-order valence-corrected chi connectivity index (χ0v) is 10.7. The number of aliphatic hydroxyl groups is 1. The van der Waals surface area contributed by atoms with E-state index >= 15 is 0 Å². The van der Waals surface area contributed by atoms with E-state index in [0.717, 1.165) is 13.1 Å². The average Bonchev–Trinajstić information content (AvgIpc) is 2.42. The fraction of sp³-hybridized carbons (Fsp3) is 0.462. The Labute approximate surface area is 112 Å². The van der Waals surface area contributed by atoms with Gasteiger partial charge in [-0.2, -0.15) is 0 Å². The van der Waals surface area contributed by atoms with E-state index in [1.54, 1.807) is 23.1 Å². The van der Waals surface area contributed by atoms with Crippen molar-refractivity contribution < 1.29 is 15.0 Å². The highest BCUT2D eigenvalue weighted by atomic mass is 16.3. The Kier molecular flexibility index (Phi) is 4.24. The van der Waals surface area contributed by atoms with E-state index in [1.165, 1.54) is 0 Å². The van der Waals surface area contributed by atoms with Crippen LogP contribution in [0.2, 0.25) is 0 Å². The molecule has 1 aromatic rings. The van der Waals surface area contributed by atoms with Crippen LogP contribution in [-0.2, 0) is 0 Å². The van der Waals surface area contributed by atoms with Crippen molar-refractivity contribution in [2.45, 2.75) is 0 Å². The van der Waals surface area contributed by atoms with Gasteiger partial charge >= 0.3 is 0 Å². The molecule has 1 heterocycles. The summed E-state index contributed by atoms with van der Waals surface area (Å²) in [7, 11) is 0. The summed E-state index contributed by atoms with van der Waals surface area (Å²) in [5, 5.41) is 18.7. The maximum absolute atomic E-state index is 12.3. The zero-order chi connectivity index (χ0) is 13.8. The van der Waals surface area contributed by atoms with Crippen molar-refractivity contribution in [2.24, 2.45) is 0 Å². The number of nitrogens with zero attached hydrogens (tertiary/aromatic N) is 2. The standard InChI is InChI=1S/C13H19N3O3/c14-11-3-1-2-10(12(11)18)13(19)16-6-4-15(5-7-16)8-9-17/h1-3,17-18H,4-9,14H2. The van der Waals surface area contributed by atoms with Gasteiger partial charge in [-0.1, -0.05) is 6.07 Å². The third-order valence-corrected chi connectivity index (χ3v) is 3.37. The summed E-state index contributed by atoms with van der Waals surface area (Å²) in [5.74, 6) is -0.348. The van der Waals surface area contributed by atoms with Gasteiger partial charge in [-0.3, -0.25) is 9.69 Å². The molecule has 2 rings (SSSR count). The monoisotopic (exact) mass is 265 g/mol. The van der Waals surface area contributed by atoms with Crippen molar-refractivity contribution in [3.05, 3.63) is 23.8 Å². The number of aromatic hydroxyl groups is 1. The number of anilines is 1. The highest BCUT2D eigenvalue weighted by Crippen LogP contribution is 2.25. The van der Waals surface area contributed by atoms with Crippen molar-refractivity contribution >= 4 is 11.6 Å². The number of phenols is 1. The number of carbonyl (C=O) groups is 1. The van der Waals surface area contributed by atoms with E-state index in [2.05, 4.69) is 4.90 Å². The summed E-state index contributed by atoms with van der Waals surface area (Å²) in [6.45, 7) is 3.40. The van der Waals surface area contributed by atoms with Crippen molar-refractivity contribution in [1.82, 2.24) is 9.80 Å². The molecule has 6 heteroatoms. The molecule has 1 amide bonds. The number of para-hydroxylation sites is 1. The van der Waals surface area contributed by atoms with Crippen molar-refractivity contribution in [1.29, 1.82) is 0 Å². The topological polar surface area (TPSA) is 90.0 Å². The minimum atomic E-state index is -0.201. The fourth-order valence-corrected chi connectivity index (χ4v) is 2.22. The van der Waals surface area contributed by atoms with Gasteiger partial charge in [0.2, 0.25) is 0 Å². The van der Waals surface area contributed by atoms with Crippen molar-refractivity contribution in [3.63, 3.8) is 0 Å². The number of amides is 1. The van der Waals surface area contributed by atoms with Crippen LogP contribution in [0.5, 0.6) is 5.75 Å². The lowest BCUT2D eigenvalue weighted by atomic mass is 10.1. The van der Waals surface area contributed by atoms with Crippen LogP contribution in [0.1, 0.15) is 10.4 Å². The first-order chi connectivity index (χ1) is 9.13. The van der Waals surface area contributed by atoms with Gasteiger partial charge in [0, 0.05) is 32.7 Å². The molecule has 0 atom stereocenters. The van der Waals surface area contributed by atoms with Crippen molar-refractivity contribution in [2.75, 3.05) is 45.1 Å². The lowest BCUT2D eigenvalue weighted by Gasteiger charge is -2.34. The molecule has 6 nitrogen and oxygen atoms in total. The molecule has 0 aromatic heterocycles. The Hall–Kier alpha value is -1.79. The van der Waals surface area contributed by atoms with Crippen LogP contribution in [0.4, 0.5) is 5.69 Å². The highest BCUT2D eigenvalue weighted by molar-refractivity contribution is 5.98. The van der Waals surface area contributed by atoms with Crippen molar-refractivity contribution in [3.8, 4) is 5.75 Å². The lowest BCUT2D eigenvalue weighted by molar-refractivity contribution is 0.0612. The second kappa shape index (κ2) is 5.90. The molecule has 0 radical (unpaired) electrons. The summed E-state index contributed by atoms with van der Waals surface area (Å²) in [5.41, 5.74) is 6.05. The maximum atomic E-state index is 12.3. The number of carbonyl (C=O) groups excluding carboxylic acids is 1. The molecule has 0 spiro atoms. The molecule has 1 aromatic carbocycles. The molecule has 19 heavy (non-hydrogen) atoms. The van der Waals surface area contributed by atoms with E-state index in [-0.39, 0.29) is 29.5 Å². The summed E-state index contributed by atoms with van der Waals surface area (Å²) in [6.07, 6.45) is 0. The van der Waals surface area contributed by atoms with Gasteiger partial charge in [-0.05, 0) is 12.1 Å². The number of hydrogen-bond acceptors (Lipinski definition) is 5. The second-order valence-corrected chi connectivity index (χ2v) is 4.60. The SMILES string of the molecule is Nc1cccc(C(=O)N2CCN(CCO)CC2)c1O. The minimum Gasteiger partial charge on any atom is -0.505 e. The molecule has 0 unspecified atom stereocenters.